The number of hydrogen-bond acceptors (Lipinski definition) is 6. The lowest BCUT2D eigenvalue weighted by molar-refractivity contribution is 0.0446. The van der Waals surface area contributed by atoms with E-state index in [4.69, 9.17) is 14.2 Å². The van der Waals surface area contributed by atoms with E-state index in [9.17, 15) is 10.1 Å². The number of ether oxygens (including phenoxy) is 3. The molecule has 0 bridgehead atoms. The van der Waals surface area contributed by atoms with Crippen LogP contribution in [0.1, 0.15) is 15.9 Å². The molecule has 0 heterocycles. The Labute approximate surface area is 173 Å². The first kappa shape index (κ1) is 20.3. The third-order valence-electron chi connectivity index (χ3n) is 3.98. The van der Waals surface area contributed by atoms with Crippen molar-refractivity contribution in [3.8, 4) is 17.6 Å². The molecule has 5 nitrogen and oxygen atoms in total. The zero-order chi connectivity index (χ0) is 20.5. The van der Waals surface area contributed by atoms with Crippen LogP contribution in [0.2, 0.25) is 0 Å². The second-order valence-electron chi connectivity index (χ2n) is 5.87. The Bertz CT molecular complexity index is 1010. The smallest absolute Gasteiger partial charge is 0.339 e. The number of nitriles is 1. The third-order valence-corrected chi connectivity index (χ3v) is 5.13. The van der Waals surface area contributed by atoms with Gasteiger partial charge in [0.2, 0.25) is 0 Å². The van der Waals surface area contributed by atoms with Crippen molar-refractivity contribution in [1.82, 2.24) is 0 Å². The second-order valence-corrected chi connectivity index (χ2v) is 6.95. The van der Waals surface area contributed by atoms with E-state index in [1.165, 1.54) is 11.8 Å². The molecular formula is C23H19NO4S. The number of carbonyl (C=O) groups is 1. The number of carbonyl (C=O) groups excluding carboxylic acids is 1. The molecule has 0 unspecified atom stereocenters. The highest BCUT2D eigenvalue weighted by Gasteiger charge is 2.14. The Morgan fingerprint density at radius 3 is 2.28 bits per heavy atom. The van der Waals surface area contributed by atoms with Crippen molar-refractivity contribution in [2.75, 3.05) is 20.3 Å². The van der Waals surface area contributed by atoms with Crippen molar-refractivity contribution in [3.05, 3.63) is 83.9 Å². The topological polar surface area (TPSA) is 68.6 Å². The van der Waals surface area contributed by atoms with Crippen LogP contribution in [-0.4, -0.2) is 26.3 Å². The second kappa shape index (κ2) is 10.2. The summed E-state index contributed by atoms with van der Waals surface area (Å²) in [6.45, 7) is 0.364. The SMILES string of the molecule is COc1ccc(OCCOC(=O)c2ccccc2Sc2ccccc2C#N)cc1. The maximum Gasteiger partial charge on any atom is 0.339 e. The van der Waals surface area contributed by atoms with Crippen LogP contribution in [0.3, 0.4) is 0 Å². The summed E-state index contributed by atoms with van der Waals surface area (Å²) >= 11 is 1.37. The van der Waals surface area contributed by atoms with E-state index in [1.54, 1.807) is 49.6 Å². The van der Waals surface area contributed by atoms with Gasteiger partial charge >= 0.3 is 5.97 Å². The van der Waals surface area contributed by atoms with E-state index in [-0.39, 0.29) is 13.2 Å². The predicted molar refractivity (Wildman–Crippen MR) is 110 cm³/mol. The average molecular weight is 405 g/mol. The zero-order valence-corrected chi connectivity index (χ0v) is 16.6. The van der Waals surface area contributed by atoms with Gasteiger partial charge in [-0.1, -0.05) is 36.0 Å². The molecule has 146 valence electrons. The van der Waals surface area contributed by atoms with Crippen molar-refractivity contribution in [2.24, 2.45) is 0 Å². The normalized spacial score (nSPS) is 10.1. The summed E-state index contributed by atoms with van der Waals surface area (Å²) in [4.78, 5) is 14.1. The average Bonchev–Trinajstić information content (AvgIpc) is 2.77. The molecule has 3 rings (SSSR count). The van der Waals surface area contributed by atoms with Crippen LogP contribution in [0.15, 0.2) is 82.6 Å². The van der Waals surface area contributed by atoms with Crippen molar-refractivity contribution >= 4 is 17.7 Å². The van der Waals surface area contributed by atoms with E-state index >= 15 is 0 Å². The largest absolute Gasteiger partial charge is 0.497 e. The first-order valence-corrected chi connectivity index (χ1v) is 9.73. The molecule has 3 aromatic carbocycles. The number of rotatable bonds is 8. The van der Waals surface area contributed by atoms with Gasteiger partial charge in [-0.2, -0.15) is 5.26 Å². The fraction of sp³-hybridized carbons (Fsp3) is 0.130. The molecule has 0 spiro atoms. The molecular weight excluding hydrogens is 386 g/mol. The lowest BCUT2D eigenvalue weighted by atomic mass is 10.2. The lowest BCUT2D eigenvalue weighted by Gasteiger charge is -2.11. The van der Waals surface area contributed by atoms with Crippen molar-refractivity contribution in [3.63, 3.8) is 0 Å². The first-order valence-electron chi connectivity index (χ1n) is 8.91. The van der Waals surface area contributed by atoms with E-state index in [0.717, 1.165) is 15.5 Å². The van der Waals surface area contributed by atoms with Gasteiger partial charge in [-0.15, -0.1) is 0 Å². The summed E-state index contributed by atoms with van der Waals surface area (Å²) < 4.78 is 16.0. The van der Waals surface area contributed by atoms with E-state index in [1.807, 2.05) is 30.3 Å². The molecule has 0 N–H and O–H groups in total. The number of hydrogen-bond donors (Lipinski definition) is 0. The molecule has 3 aromatic rings. The van der Waals surface area contributed by atoms with Crippen LogP contribution in [-0.2, 0) is 4.74 Å². The van der Waals surface area contributed by atoms with Crippen LogP contribution in [0.25, 0.3) is 0 Å². The number of nitrogens with zero attached hydrogens (tertiary/aromatic N) is 1. The zero-order valence-electron chi connectivity index (χ0n) is 15.8. The highest BCUT2D eigenvalue weighted by Crippen LogP contribution is 2.32. The summed E-state index contributed by atoms with van der Waals surface area (Å²) in [6, 6.07) is 23.8. The van der Waals surface area contributed by atoms with Gasteiger partial charge in [0.15, 0.2) is 0 Å². The van der Waals surface area contributed by atoms with Crippen LogP contribution in [0.4, 0.5) is 0 Å². The summed E-state index contributed by atoms with van der Waals surface area (Å²) in [5, 5.41) is 9.27. The number of benzene rings is 3. The third kappa shape index (κ3) is 5.53. The molecule has 0 fully saturated rings. The molecule has 0 atom stereocenters. The van der Waals surface area contributed by atoms with Crippen molar-refractivity contribution < 1.29 is 19.0 Å². The Hall–Kier alpha value is -3.43. The standard InChI is InChI=1S/C23H19NO4S/c1-26-18-10-12-19(13-11-18)27-14-15-28-23(25)20-7-3-5-9-22(20)29-21-8-4-2-6-17(21)16-24/h2-13H,14-15H2,1H3. The number of methoxy groups -OCH3 is 1. The Morgan fingerprint density at radius 1 is 0.897 bits per heavy atom. The molecule has 6 heteroatoms. The maximum absolute atomic E-state index is 12.5. The molecule has 0 saturated carbocycles. The van der Waals surface area contributed by atoms with Gasteiger partial charge < -0.3 is 14.2 Å². The highest BCUT2D eigenvalue weighted by molar-refractivity contribution is 7.99. The van der Waals surface area contributed by atoms with Crippen LogP contribution in [0, 0.1) is 11.3 Å². The van der Waals surface area contributed by atoms with Gasteiger partial charge in [-0.25, -0.2) is 4.79 Å². The van der Waals surface area contributed by atoms with E-state index < -0.39 is 5.97 Å². The quantitative estimate of drug-likeness (QED) is 0.390. The fourth-order valence-electron chi connectivity index (χ4n) is 2.53. The lowest BCUT2D eigenvalue weighted by Crippen LogP contribution is -2.13. The Kier molecular flexibility index (Phi) is 7.15. The van der Waals surface area contributed by atoms with Gasteiger partial charge in [-0.3, -0.25) is 0 Å². The molecule has 0 amide bonds. The minimum atomic E-state index is -0.430. The first-order chi connectivity index (χ1) is 14.2. The van der Waals surface area contributed by atoms with Gasteiger partial charge in [0, 0.05) is 9.79 Å². The minimum Gasteiger partial charge on any atom is -0.497 e. The van der Waals surface area contributed by atoms with Gasteiger partial charge in [-0.05, 0) is 48.5 Å². The molecule has 0 aliphatic heterocycles. The summed E-state index contributed by atoms with van der Waals surface area (Å²) in [7, 11) is 1.60. The molecule has 0 aromatic heterocycles. The summed E-state index contributed by atoms with van der Waals surface area (Å²) in [5.74, 6) is 0.989. The maximum atomic E-state index is 12.5. The molecule has 0 saturated heterocycles. The van der Waals surface area contributed by atoms with Gasteiger partial charge in [0.25, 0.3) is 0 Å². The summed E-state index contributed by atoms with van der Waals surface area (Å²) in [5.41, 5.74) is 1.02. The Morgan fingerprint density at radius 2 is 1.55 bits per heavy atom. The van der Waals surface area contributed by atoms with Gasteiger partial charge in [0.1, 0.15) is 30.8 Å². The van der Waals surface area contributed by atoms with Crippen molar-refractivity contribution in [1.29, 1.82) is 5.26 Å². The van der Waals surface area contributed by atoms with E-state index in [2.05, 4.69) is 6.07 Å². The molecule has 29 heavy (non-hydrogen) atoms. The summed E-state index contributed by atoms with van der Waals surface area (Å²) in [6.07, 6.45) is 0. The van der Waals surface area contributed by atoms with Crippen LogP contribution >= 0.6 is 11.8 Å². The minimum absolute atomic E-state index is 0.124. The fourth-order valence-corrected chi connectivity index (χ4v) is 3.55. The predicted octanol–water partition coefficient (Wildman–Crippen LogP) is 4.95. The molecule has 0 aliphatic rings. The monoisotopic (exact) mass is 405 g/mol. The number of esters is 1. The highest BCUT2D eigenvalue weighted by atomic mass is 32.2. The Balaban J connectivity index is 1.59. The van der Waals surface area contributed by atoms with Crippen LogP contribution in [0.5, 0.6) is 11.5 Å². The van der Waals surface area contributed by atoms with E-state index in [0.29, 0.717) is 16.9 Å². The van der Waals surface area contributed by atoms with Crippen LogP contribution < -0.4 is 9.47 Å². The van der Waals surface area contributed by atoms with Crippen molar-refractivity contribution in [2.45, 2.75) is 9.79 Å². The molecule has 0 aliphatic carbocycles. The van der Waals surface area contributed by atoms with Gasteiger partial charge in [0.05, 0.1) is 18.2 Å². The molecule has 0 radical (unpaired) electrons.